The molecule has 0 aliphatic heterocycles. The number of halogens is 3. The Morgan fingerprint density at radius 2 is 1.83 bits per heavy atom. The van der Waals surface area contributed by atoms with Crippen molar-refractivity contribution in [2.75, 3.05) is 18.6 Å². The van der Waals surface area contributed by atoms with E-state index in [0.29, 0.717) is 23.5 Å². The minimum atomic E-state index is -0.761. The van der Waals surface area contributed by atoms with E-state index >= 15 is 0 Å². The van der Waals surface area contributed by atoms with Crippen LogP contribution in [0.3, 0.4) is 0 Å². The third-order valence-electron chi connectivity index (χ3n) is 4.24. The Bertz CT molecular complexity index is 871. The summed E-state index contributed by atoms with van der Waals surface area (Å²) in [6, 6.07) is 10.1. The summed E-state index contributed by atoms with van der Waals surface area (Å²) in [6.07, 6.45) is 2.34. The average molecular weight is 473 g/mol. The number of nitrogens with one attached hydrogen (secondary N) is 2. The van der Waals surface area contributed by atoms with Crippen molar-refractivity contribution in [3.63, 3.8) is 0 Å². The zero-order valence-corrected chi connectivity index (χ0v) is 18.9. The standard InChI is InChI=1S/C21H23Cl2FN2O3S/c1-13(15-10-18(24)17(23)11-16(15)22)25-21(28)19(8-9-30-2)26-20(27)12-29-14-6-4-3-5-7-14/h3-7,10-11,13,19H,8-9,12H2,1-2H3,(H,25,28)(H,26,27). The second-order valence-electron chi connectivity index (χ2n) is 6.52. The number of rotatable bonds is 10. The molecule has 2 N–H and O–H groups in total. The zero-order chi connectivity index (χ0) is 22.1. The molecule has 0 aliphatic carbocycles. The van der Waals surface area contributed by atoms with Gasteiger partial charge in [0, 0.05) is 5.02 Å². The number of hydrogen-bond donors (Lipinski definition) is 2. The van der Waals surface area contributed by atoms with E-state index in [2.05, 4.69) is 10.6 Å². The molecule has 0 saturated carbocycles. The Hall–Kier alpha value is -1.96. The Morgan fingerprint density at radius 3 is 2.50 bits per heavy atom. The molecule has 2 amide bonds. The molecular weight excluding hydrogens is 450 g/mol. The molecular formula is C21H23Cl2FN2O3S. The molecule has 0 spiro atoms. The van der Waals surface area contributed by atoms with Gasteiger partial charge in [0.15, 0.2) is 6.61 Å². The predicted octanol–water partition coefficient (Wildman–Crippen LogP) is 4.63. The van der Waals surface area contributed by atoms with E-state index in [1.54, 1.807) is 43.0 Å². The number of para-hydroxylation sites is 1. The van der Waals surface area contributed by atoms with Crippen LogP contribution in [0.25, 0.3) is 0 Å². The van der Waals surface area contributed by atoms with Crippen LogP contribution >= 0.6 is 35.0 Å². The summed E-state index contributed by atoms with van der Waals surface area (Å²) in [5, 5.41) is 5.62. The van der Waals surface area contributed by atoms with Crippen molar-refractivity contribution in [2.45, 2.75) is 25.4 Å². The van der Waals surface area contributed by atoms with Crippen molar-refractivity contribution in [2.24, 2.45) is 0 Å². The molecule has 162 valence electrons. The quantitative estimate of drug-likeness (QED) is 0.494. The third-order valence-corrected chi connectivity index (χ3v) is 5.50. The Kier molecular flexibility index (Phi) is 9.75. The van der Waals surface area contributed by atoms with Gasteiger partial charge in [-0.05, 0) is 55.2 Å². The van der Waals surface area contributed by atoms with E-state index < -0.39 is 29.7 Å². The van der Waals surface area contributed by atoms with E-state index in [1.807, 2.05) is 12.3 Å². The second-order valence-corrected chi connectivity index (χ2v) is 8.32. The third kappa shape index (κ3) is 7.38. The molecule has 5 nitrogen and oxygen atoms in total. The largest absolute Gasteiger partial charge is 0.484 e. The fourth-order valence-electron chi connectivity index (χ4n) is 2.67. The minimum absolute atomic E-state index is 0.0918. The van der Waals surface area contributed by atoms with Gasteiger partial charge in [-0.2, -0.15) is 11.8 Å². The molecule has 2 aromatic carbocycles. The Morgan fingerprint density at radius 1 is 1.13 bits per heavy atom. The van der Waals surface area contributed by atoms with E-state index in [9.17, 15) is 14.0 Å². The average Bonchev–Trinajstić information content (AvgIpc) is 2.72. The highest BCUT2D eigenvalue weighted by Gasteiger charge is 2.23. The normalized spacial score (nSPS) is 12.7. The summed E-state index contributed by atoms with van der Waals surface area (Å²) >= 11 is 13.4. The highest BCUT2D eigenvalue weighted by molar-refractivity contribution is 7.98. The van der Waals surface area contributed by atoms with Gasteiger partial charge in [0.1, 0.15) is 17.6 Å². The van der Waals surface area contributed by atoms with Crippen LogP contribution in [0.5, 0.6) is 5.75 Å². The smallest absolute Gasteiger partial charge is 0.258 e. The maximum absolute atomic E-state index is 13.8. The van der Waals surface area contributed by atoms with Crippen molar-refractivity contribution in [1.82, 2.24) is 10.6 Å². The predicted molar refractivity (Wildman–Crippen MR) is 120 cm³/mol. The molecule has 2 aromatic rings. The van der Waals surface area contributed by atoms with Gasteiger partial charge in [-0.1, -0.05) is 41.4 Å². The van der Waals surface area contributed by atoms with E-state index in [4.69, 9.17) is 27.9 Å². The van der Waals surface area contributed by atoms with Gasteiger partial charge in [0.2, 0.25) is 5.91 Å². The van der Waals surface area contributed by atoms with Crippen molar-refractivity contribution in [3.05, 3.63) is 63.9 Å². The van der Waals surface area contributed by atoms with Gasteiger partial charge in [0.25, 0.3) is 5.91 Å². The molecule has 0 radical (unpaired) electrons. The molecule has 0 fully saturated rings. The molecule has 9 heteroatoms. The second kappa shape index (κ2) is 12.0. The monoisotopic (exact) mass is 472 g/mol. The first-order valence-electron chi connectivity index (χ1n) is 9.22. The molecule has 30 heavy (non-hydrogen) atoms. The minimum Gasteiger partial charge on any atom is -0.484 e. The van der Waals surface area contributed by atoms with E-state index in [0.717, 1.165) is 0 Å². The molecule has 2 atom stereocenters. The molecule has 0 heterocycles. The van der Waals surface area contributed by atoms with Gasteiger partial charge >= 0.3 is 0 Å². The highest BCUT2D eigenvalue weighted by Crippen LogP contribution is 2.28. The Balaban J connectivity index is 2.00. The lowest BCUT2D eigenvalue weighted by atomic mass is 10.1. The van der Waals surface area contributed by atoms with E-state index in [-0.39, 0.29) is 16.7 Å². The lowest BCUT2D eigenvalue weighted by Crippen LogP contribution is -2.48. The van der Waals surface area contributed by atoms with Crippen LogP contribution in [-0.4, -0.2) is 36.5 Å². The summed E-state index contributed by atoms with van der Waals surface area (Å²) in [6.45, 7) is 1.47. The number of thioether (sulfide) groups is 1. The van der Waals surface area contributed by atoms with E-state index in [1.165, 1.54) is 12.1 Å². The number of carbonyl (C=O) groups excluding carboxylic acids is 2. The summed E-state index contributed by atoms with van der Waals surface area (Å²) < 4.78 is 19.2. The van der Waals surface area contributed by atoms with Gasteiger partial charge in [0.05, 0.1) is 11.1 Å². The first kappa shape index (κ1) is 24.3. The fraction of sp³-hybridized carbons (Fsp3) is 0.333. The van der Waals surface area contributed by atoms with Crippen LogP contribution in [0.15, 0.2) is 42.5 Å². The topological polar surface area (TPSA) is 67.4 Å². The van der Waals surface area contributed by atoms with Gasteiger partial charge in [-0.15, -0.1) is 0 Å². The van der Waals surface area contributed by atoms with Crippen LogP contribution in [0.2, 0.25) is 10.0 Å². The number of hydrogen-bond acceptors (Lipinski definition) is 4. The highest BCUT2D eigenvalue weighted by atomic mass is 35.5. The fourth-order valence-corrected chi connectivity index (χ4v) is 3.69. The molecule has 0 saturated heterocycles. The number of benzene rings is 2. The van der Waals surface area contributed by atoms with Gasteiger partial charge in [-0.25, -0.2) is 4.39 Å². The molecule has 2 unspecified atom stereocenters. The number of ether oxygens (including phenoxy) is 1. The van der Waals surface area contributed by atoms with Crippen molar-refractivity contribution in [3.8, 4) is 5.75 Å². The van der Waals surface area contributed by atoms with Crippen molar-refractivity contribution >= 4 is 46.8 Å². The maximum Gasteiger partial charge on any atom is 0.258 e. The lowest BCUT2D eigenvalue weighted by Gasteiger charge is -2.22. The van der Waals surface area contributed by atoms with Crippen molar-refractivity contribution < 1.29 is 18.7 Å². The lowest BCUT2D eigenvalue weighted by molar-refractivity contribution is -0.130. The van der Waals surface area contributed by atoms with Gasteiger partial charge in [-0.3, -0.25) is 9.59 Å². The summed E-state index contributed by atoms with van der Waals surface area (Å²) in [4.78, 5) is 25.0. The molecule has 0 aromatic heterocycles. The molecule has 0 bridgehead atoms. The first-order chi connectivity index (χ1) is 14.3. The van der Waals surface area contributed by atoms with Crippen LogP contribution in [0, 0.1) is 5.82 Å². The maximum atomic E-state index is 13.8. The van der Waals surface area contributed by atoms with Gasteiger partial charge < -0.3 is 15.4 Å². The zero-order valence-electron chi connectivity index (χ0n) is 16.6. The van der Waals surface area contributed by atoms with Crippen LogP contribution in [-0.2, 0) is 9.59 Å². The van der Waals surface area contributed by atoms with Crippen molar-refractivity contribution in [1.29, 1.82) is 0 Å². The Labute approximate surface area is 189 Å². The number of carbonyl (C=O) groups is 2. The van der Waals surface area contributed by atoms with Crippen LogP contribution in [0.4, 0.5) is 4.39 Å². The van der Waals surface area contributed by atoms with Crippen LogP contribution in [0.1, 0.15) is 24.9 Å². The first-order valence-corrected chi connectivity index (χ1v) is 11.4. The summed E-state index contributed by atoms with van der Waals surface area (Å²) in [5.74, 6) is -0.199. The SMILES string of the molecule is CSCCC(NC(=O)COc1ccccc1)C(=O)NC(C)c1cc(F)c(Cl)cc1Cl. The molecule has 0 aliphatic rings. The number of amides is 2. The molecule has 2 rings (SSSR count). The summed E-state index contributed by atoms with van der Waals surface area (Å²) in [5.41, 5.74) is 0.397. The van der Waals surface area contributed by atoms with Crippen LogP contribution < -0.4 is 15.4 Å². The summed E-state index contributed by atoms with van der Waals surface area (Å²) in [7, 11) is 0.